The molecule has 0 heterocycles. The summed E-state index contributed by atoms with van der Waals surface area (Å²) >= 11 is 0. The largest absolute Gasteiger partial charge is 0.147 e. The van der Waals surface area contributed by atoms with Crippen LogP contribution in [0, 0.1) is 0 Å². The van der Waals surface area contributed by atoms with Gasteiger partial charge in [0.1, 0.15) is 0 Å². The van der Waals surface area contributed by atoms with Gasteiger partial charge in [0.05, 0.1) is 0 Å². The summed E-state index contributed by atoms with van der Waals surface area (Å²) in [4.78, 5) is 0. The Hall–Kier alpha value is 1.06. The molecule has 4 heavy (non-hydrogen) atoms. The van der Waals surface area contributed by atoms with Gasteiger partial charge in [0, 0.05) is 23.2 Å². The number of rotatable bonds is 0. The second-order valence-electron chi connectivity index (χ2n) is 0. The molecule has 0 aliphatic heterocycles. The normalized spacial score (nSPS) is 0. The molecule has 0 atom stereocenters. The maximum absolute atomic E-state index is 0. The third-order valence-electron chi connectivity index (χ3n) is 0. The molecule has 0 aliphatic carbocycles. The van der Waals surface area contributed by atoms with E-state index < -0.39 is 0 Å². The van der Waals surface area contributed by atoms with Crippen molar-refractivity contribution in [3.63, 3.8) is 0 Å². The molecule has 0 N–H and O–H groups in total. The van der Waals surface area contributed by atoms with Crippen molar-refractivity contribution in [1.82, 2.24) is 6.15 Å². The quantitative estimate of drug-likeness (QED) is 0.447. The summed E-state index contributed by atoms with van der Waals surface area (Å²) < 4.78 is 0. The molecule has 4 heteroatoms. The first-order chi connectivity index (χ1) is 0. The van der Waals surface area contributed by atoms with Gasteiger partial charge in [0.25, 0.3) is 0 Å². The van der Waals surface area contributed by atoms with E-state index in [4.69, 9.17) is 0 Å². The van der Waals surface area contributed by atoms with Gasteiger partial charge in [-0.3, -0.25) is 0 Å². The van der Waals surface area contributed by atoms with Gasteiger partial charge in [0.2, 0.25) is 0 Å². The standard InChI is InChI=1S/2ClH.Cu.N/h2*1H;;. The predicted octanol–water partition coefficient (Wildman–Crippen LogP) is 0.361. The Balaban J connectivity index is 0. The zero-order chi connectivity index (χ0) is 0. The molecule has 0 fully saturated rings. The first-order valence-electron chi connectivity index (χ1n) is 0. The van der Waals surface area contributed by atoms with Crippen LogP contribution in [0.2, 0.25) is 0 Å². The fourth-order valence-corrected chi connectivity index (χ4v) is 0. The van der Waals surface area contributed by atoms with E-state index in [1.807, 2.05) is 0 Å². The maximum Gasteiger partial charge on any atom is 0 e. The van der Waals surface area contributed by atoms with E-state index in [0.29, 0.717) is 0 Å². The molecule has 0 amide bonds. The number of nitrogens with zero attached hydrogens (tertiary/aromatic N) is 1. The molecule has 32 valence electrons. The molecular formula is H2Cl2CuN. The summed E-state index contributed by atoms with van der Waals surface area (Å²) in [6.07, 6.45) is 0. The maximum atomic E-state index is 0. The van der Waals surface area contributed by atoms with Crippen LogP contribution in [0.3, 0.4) is 0 Å². The average molecular weight is 150 g/mol. The number of hydrogen-bond donors (Lipinski definition) is 0. The van der Waals surface area contributed by atoms with E-state index in [1.54, 1.807) is 0 Å². The van der Waals surface area contributed by atoms with Crippen molar-refractivity contribution in [2.75, 3.05) is 0 Å². The molecule has 0 unspecified atom stereocenters. The van der Waals surface area contributed by atoms with E-state index in [1.165, 1.54) is 0 Å². The van der Waals surface area contributed by atoms with Gasteiger partial charge in [-0.25, -0.2) is 0 Å². The first kappa shape index (κ1) is 74.3. The summed E-state index contributed by atoms with van der Waals surface area (Å²) in [6.45, 7) is 0. The van der Waals surface area contributed by atoms with Crippen LogP contribution in [0.5, 0.6) is 0 Å². The topological polar surface area (TPSA) is 30.5 Å². The van der Waals surface area contributed by atoms with Gasteiger partial charge >= 0.3 is 0 Å². The van der Waals surface area contributed by atoms with Gasteiger partial charge in [0.15, 0.2) is 0 Å². The van der Waals surface area contributed by atoms with E-state index in [9.17, 15) is 0 Å². The van der Waals surface area contributed by atoms with Crippen LogP contribution in [0.4, 0.5) is 0 Å². The van der Waals surface area contributed by atoms with Crippen LogP contribution in [0.15, 0.2) is 0 Å². The number of halogens is 2. The van der Waals surface area contributed by atoms with Crippen LogP contribution in [0.25, 0.3) is 0 Å². The zero-order valence-corrected chi connectivity index (χ0v) is 4.14. The van der Waals surface area contributed by atoms with E-state index in [2.05, 4.69) is 0 Å². The summed E-state index contributed by atoms with van der Waals surface area (Å²) in [5, 5.41) is 0. The fraction of sp³-hybridized carbons (Fsp3) is 0. The molecule has 0 spiro atoms. The average Bonchev–Trinajstić information content (AvgIpc) is 0. The van der Waals surface area contributed by atoms with Crippen molar-refractivity contribution in [3.8, 4) is 0 Å². The Morgan fingerprint density at radius 2 is 0.750 bits per heavy atom. The molecule has 0 aromatic rings. The van der Waals surface area contributed by atoms with Crippen molar-refractivity contribution in [1.29, 1.82) is 0 Å². The van der Waals surface area contributed by atoms with E-state index in [0.717, 1.165) is 0 Å². The van der Waals surface area contributed by atoms with Gasteiger partial charge in [-0.15, -0.1) is 24.8 Å². The van der Waals surface area contributed by atoms with Gasteiger partial charge in [-0.05, 0) is 0 Å². The van der Waals surface area contributed by atoms with Crippen LogP contribution < -0.4 is 6.15 Å². The summed E-state index contributed by atoms with van der Waals surface area (Å²) in [6, 6.07) is 0. The monoisotopic (exact) mass is 149 g/mol. The SMILES string of the molecule is Cl.Cl.[Cu].[N]. The van der Waals surface area contributed by atoms with Crippen LogP contribution in [-0.2, 0) is 17.1 Å². The van der Waals surface area contributed by atoms with Crippen molar-refractivity contribution < 1.29 is 17.1 Å². The minimum atomic E-state index is 0. The van der Waals surface area contributed by atoms with E-state index in [-0.39, 0.29) is 48.0 Å². The molecule has 0 bridgehead atoms. The second-order valence-corrected chi connectivity index (χ2v) is 0. The molecule has 0 rings (SSSR count). The van der Waals surface area contributed by atoms with Crippen LogP contribution in [-0.4, -0.2) is 0 Å². The zero-order valence-electron chi connectivity index (χ0n) is 1.57. The molecule has 0 saturated carbocycles. The third kappa shape index (κ3) is 11.6. The molecule has 0 saturated heterocycles. The molecular weight excluding hydrogens is 148 g/mol. The summed E-state index contributed by atoms with van der Waals surface area (Å²) in [5.74, 6) is 0. The third-order valence-corrected chi connectivity index (χ3v) is 0. The second kappa shape index (κ2) is 33.9. The Kier molecular flexibility index (Phi) is 629. The molecule has 0 aromatic heterocycles. The fourth-order valence-electron chi connectivity index (χ4n) is 0. The Bertz CT molecular complexity index is 6.00. The Labute approximate surface area is 48.4 Å². The first-order valence-corrected chi connectivity index (χ1v) is 0. The minimum Gasteiger partial charge on any atom is -0.147 e. The van der Waals surface area contributed by atoms with Crippen molar-refractivity contribution >= 4 is 24.8 Å². The molecule has 0 aromatic carbocycles. The molecule has 0 aliphatic rings. The Morgan fingerprint density at radius 3 is 0.750 bits per heavy atom. The van der Waals surface area contributed by atoms with Crippen molar-refractivity contribution in [2.24, 2.45) is 0 Å². The van der Waals surface area contributed by atoms with Crippen LogP contribution >= 0.6 is 24.8 Å². The van der Waals surface area contributed by atoms with Crippen molar-refractivity contribution in [3.05, 3.63) is 0 Å². The Morgan fingerprint density at radius 1 is 0.750 bits per heavy atom. The van der Waals surface area contributed by atoms with Gasteiger partial charge in [-0.2, -0.15) is 0 Å². The predicted molar refractivity (Wildman–Crippen MR) is 16.6 cm³/mol. The summed E-state index contributed by atoms with van der Waals surface area (Å²) in [7, 11) is 0. The molecule has 1 nitrogen and oxygen atoms in total. The van der Waals surface area contributed by atoms with E-state index >= 15 is 0 Å². The summed E-state index contributed by atoms with van der Waals surface area (Å²) in [5.41, 5.74) is 0. The number of hydrogen-bond acceptors (Lipinski definition) is 0. The smallest absolute Gasteiger partial charge is 0 e. The van der Waals surface area contributed by atoms with Gasteiger partial charge in [-0.1, -0.05) is 0 Å². The van der Waals surface area contributed by atoms with Crippen LogP contribution in [0.1, 0.15) is 0 Å². The van der Waals surface area contributed by atoms with Gasteiger partial charge < -0.3 is 0 Å². The minimum absolute atomic E-state index is 0. The van der Waals surface area contributed by atoms with Crippen molar-refractivity contribution in [2.45, 2.75) is 0 Å². The molecule has 4 radical (unpaired) electrons.